The number of carbonyl (C=O) groups is 1. The number of carboxylic acids is 1. The first-order valence-electron chi connectivity index (χ1n) is 6.91. The zero-order chi connectivity index (χ0) is 16.7. The molecule has 0 spiro atoms. The third-order valence-electron chi connectivity index (χ3n) is 4.26. The SMILES string of the molecule is CC1(C)OB(C(CC(=O)O)c2c(Cl)cncc2Cl)OC1(C)C. The Kier molecular flexibility index (Phi) is 4.78. The van der Waals surface area contributed by atoms with Crippen LogP contribution in [0.15, 0.2) is 12.4 Å². The summed E-state index contributed by atoms with van der Waals surface area (Å²) in [6.45, 7) is 7.61. The average molecular weight is 346 g/mol. The van der Waals surface area contributed by atoms with Gasteiger partial charge in [-0.25, -0.2) is 0 Å². The predicted molar refractivity (Wildman–Crippen MR) is 85.3 cm³/mol. The van der Waals surface area contributed by atoms with Gasteiger partial charge in [0.25, 0.3) is 0 Å². The molecule has 2 rings (SSSR count). The van der Waals surface area contributed by atoms with Gasteiger partial charge >= 0.3 is 13.1 Å². The van der Waals surface area contributed by atoms with Crippen LogP contribution in [0.3, 0.4) is 0 Å². The molecule has 1 aliphatic heterocycles. The van der Waals surface area contributed by atoms with Crippen LogP contribution in [0.5, 0.6) is 0 Å². The maximum Gasteiger partial charge on any atom is 0.466 e. The number of aliphatic carboxylic acids is 1. The largest absolute Gasteiger partial charge is 0.481 e. The van der Waals surface area contributed by atoms with E-state index in [1.54, 1.807) is 0 Å². The zero-order valence-electron chi connectivity index (χ0n) is 12.9. The minimum absolute atomic E-state index is 0.208. The van der Waals surface area contributed by atoms with Crippen molar-refractivity contribution in [3.8, 4) is 0 Å². The van der Waals surface area contributed by atoms with Gasteiger partial charge in [0.05, 0.1) is 27.7 Å². The first-order chi connectivity index (χ1) is 10.0. The molecular weight excluding hydrogens is 328 g/mol. The number of carboxylic acid groups (broad SMARTS) is 1. The molecule has 1 aromatic heterocycles. The number of hydrogen-bond donors (Lipinski definition) is 1. The summed E-state index contributed by atoms with van der Waals surface area (Å²) in [7, 11) is -0.751. The molecule has 1 N–H and O–H groups in total. The second kappa shape index (κ2) is 6.00. The van der Waals surface area contributed by atoms with E-state index in [1.807, 2.05) is 27.7 Å². The van der Waals surface area contributed by atoms with Gasteiger partial charge in [0.2, 0.25) is 0 Å². The molecule has 120 valence electrons. The summed E-state index contributed by atoms with van der Waals surface area (Å²) in [6.07, 6.45) is 2.66. The lowest BCUT2D eigenvalue weighted by Gasteiger charge is -2.32. The van der Waals surface area contributed by atoms with E-state index in [0.29, 0.717) is 15.6 Å². The predicted octanol–water partition coefficient (Wildman–Crippen LogP) is 3.58. The van der Waals surface area contributed by atoms with Crippen molar-refractivity contribution in [1.29, 1.82) is 0 Å². The lowest BCUT2D eigenvalue weighted by Crippen LogP contribution is -2.41. The molecule has 5 nitrogen and oxygen atoms in total. The van der Waals surface area contributed by atoms with E-state index < -0.39 is 30.1 Å². The quantitative estimate of drug-likeness (QED) is 0.844. The second-order valence-electron chi connectivity index (χ2n) is 6.35. The monoisotopic (exact) mass is 345 g/mol. The first kappa shape index (κ1) is 17.5. The van der Waals surface area contributed by atoms with E-state index in [4.69, 9.17) is 32.5 Å². The standard InChI is InChI=1S/C14H18BCl2NO4/c1-13(2)14(3,4)22-15(21-13)8(5-11(19)20)12-9(16)6-18-7-10(12)17/h6-8H,5H2,1-4H3,(H,19,20). The number of aromatic nitrogens is 1. The smallest absolute Gasteiger partial charge is 0.466 e. The molecule has 1 saturated heterocycles. The van der Waals surface area contributed by atoms with Crippen LogP contribution in [0, 0.1) is 0 Å². The Morgan fingerprint density at radius 3 is 2.09 bits per heavy atom. The number of hydrogen-bond acceptors (Lipinski definition) is 4. The lowest BCUT2D eigenvalue weighted by atomic mass is 9.66. The van der Waals surface area contributed by atoms with Crippen LogP contribution >= 0.6 is 23.2 Å². The Morgan fingerprint density at radius 2 is 1.68 bits per heavy atom. The van der Waals surface area contributed by atoms with E-state index >= 15 is 0 Å². The Labute approximate surface area is 140 Å². The van der Waals surface area contributed by atoms with Gasteiger partial charge < -0.3 is 14.4 Å². The number of nitrogens with zero attached hydrogens (tertiary/aromatic N) is 1. The Balaban J connectivity index is 2.43. The molecule has 1 atom stereocenters. The fourth-order valence-corrected chi connectivity index (χ4v) is 3.00. The van der Waals surface area contributed by atoms with Gasteiger partial charge in [0.15, 0.2) is 0 Å². The zero-order valence-corrected chi connectivity index (χ0v) is 14.4. The summed E-state index contributed by atoms with van der Waals surface area (Å²) in [5.74, 6) is -1.61. The van der Waals surface area contributed by atoms with Crippen molar-refractivity contribution in [3.63, 3.8) is 0 Å². The van der Waals surface area contributed by atoms with Crippen LogP contribution in [0.4, 0.5) is 0 Å². The highest BCUT2D eigenvalue weighted by Crippen LogP contribution is 2.44. The van der Waals surface area contributed by atoms with E-state index in [-0.39, 0.29) is 6.42 Å². The first-order valence-corrected chi connectivity index (χ1v) is 7.67. The van der Waals surface area contributed by atoms with E-state index in [0.717, 1.165) is 0 Å². The normalized spacial score (nSPS) is 20.9. The van der Waals surface area contributed by atoms with Crippen molar-refractivity contribution in [1.82, 2.24) is 4.98 Å². The van der Waals surface area contributed by atoms with Gasteiger partial charge in [-0.05, 0) is 33.3 Å². The van der Waals surface area contributed by atoms with Gasteiger partial charge in [0, 0.05) is 18.2 Å². The van der Waals surface area contributed by atoms with E-state index in [2.05, 4.69) is 4.98 Å². The summed E-state index contributed by atoms with van der Waals surface area (Å²) >= 11 is 12.4. The minimum atomic E-state index is -0.983. The third-order valence-corrected chi connectivity index (χ3v) is 4.86. The molecule has 0 radical (unpaired) electrons. The highest BCUT2D eigenvalue weighted by atomic mass is 35.5. The fourth-order valence-electron chi connectivity index (χ4n) is 2.35. The van der Waals surface area contributed by atoms with Crippen LogP contribution in [0.25, 0.3) is 0 Å². The molecule has 0 bridgehead atoms. The van der Waals surface area contributed by atoms with Crippen LogP contribution in [-0.2, 0) is 14.1 Å². The van der Waals surface area contributed by atoms with Gasteiger partial charge in [0.1, 0.15) is 0 Å². The molecule has 22 heavy (non-hydrogen) atoms. The molecule has 2 heterocycles. The van der Waals surface area contributed by atoms with Crippen molar-refractivity contribution >= 4 is 36.3 Å². The lowest BCUT2D eigenvalue weighted by molar-refractivity contribution is -0.137. The van der Waals surface area contributed by atoms with E-state index in [1.165, 1.54) is 12.4 Å². The summed E-state index contributed by atoms with van der Waals surface area (Å²) in [5, 5.41) is 9.83. The van der Waals surface area contributed by atoms with Gasteiger partial charge in [-0.2, -0.15) is 0 Å². The second-order valence-corrected chi connectivity index (χ2v) is 7.16. The van der Waals surface area contributed by atoms with Gasteiger partial charge in [-0.1, -0.05) is 23.2 Å². The molecule has 1 aliphatic rings. The van der Waals surface area contributed by atoms with Crippen molar-refractivity contribution in [3.05, 3.63) is 28.0 Å². The molecule has 0 aliphatic carbocycles. The highest BCUT2D eigenvalue weighted by Gasteiger charge is 2.54. The van der Waals surface area contributed by atoms with Gasteiger partial charge in [-0.3, -0.25) is 9.78 Å². The number of pyridine rings is 1. The van der Waals surface area contributed by atoms with Crippen molar-refractivity contribution in [2.24, 2.45) is 0 Å². The van der Waals surface area contributed by atoms with Crippen molar-refractivity contribution in [2.45, 2.75) is 51.1 Å². The molecule has 0 saturated carbocycles. The third kappa shape index (κ3) is 3.25. The molecule has 1 fully saturated rings. The average Bonchev–Trinajstić information content (AvgIpc) is 2.56. The number of halogens is 2. The topological polar surface area (TPSA) is 68.7 Å². The fraction of sp³-hybridized carbons (Fsp3) is 0.571. The van der Waals surface area contributed by atoms with Crippen LogP contribution in [0.2, 0.25) is 10.0 Å². The van der Waals surface area contributed by atoms with Crippen LogP contribution < -0.4 is 0 Å². The summed E-state index contributed by atoms with van der Waals surface area (Å²) < 4.78 is 11.9. The van der Waals surface area contributed by atoms with E-state index in [9.17, 15) is 9.90 Å². The maximum absolute atomic E-state index is 11.3. The summed E-state index contributed by atoms with van der Waals surface area (Å²) in [4.78, 5) is 15.2. The Morgan fingerprint density at radius 1 is 1.23 bits per heavy atom. The van der Waals surface area contributed by atoms with Crippen LogP contribution in [0.1, 0.15) is 45.5 Å². The van der Waals surface area contributed by atoms with Crippen molar-refractivity contribution in [2.75, 3.05) is 0 Å². The Bertz CT molecular complexity index is 558. The van der Waals surface area contributed by atoms with Crippen molar-refractivity contribution < 1.29 is 19.2 Å². The molecule has 1 aromatic rings. The summed E-state index contributed by atoms with van der Waals surface area (Å²) in [5.41, 5.74) is -0.653. The van der Waals surface area contributed by atoms with Gasteiger partial charge in [-0.15, -0.1) is 0 Å². The molecule has 0 aromatic carbocycles. The van der Waals surface area contributed by atoms with Crippen LogP contribution in [-0.4, -0.2) is 34.4 Å². The minimum Gasteiger partial charge on any atom is -0.481 e. The molecular formula is C14H18BCl2NO4. The Hall–Kier alpha value is -0.815. The maximum atomic E-state index is 11.3. The summed E-state index contributed by atoms with van der Waals surface area (Å²) in [6, 6.07) is 0. The molecule has 8 heteroatoms. The number of rotatable bonds is 4. The highest BCUT2D eigenvalue weighted by molar-refractivity contribution is 6.49. The molecule has 0 amide bonds. The molecule has 1 unspecified atom stereocenters.